The van der Waals surface area contributed by atoms with E-state index in [1.807, 2.05) is 0 Å². The number of fused-ring (bicyclic) bond motifs is 1. The van der Waals surface area contributed by atoms with Crippen molar-refractivity contribution in [2.75, 3.05) is 13.2 Å². The van der Waals surface area contributed by atoms with Gasteiger partial charge in [0.05, 0.1) is 17.7 Å². The summed E-state index contributed by atoms with van der Waals surface area (Å²) in [5, 5.41) is 0.162. The van der Waals surface area contributed by atoms with Crippen LogP contribution in [0.3, 0.4) is 0 Å². The van der Waals surface area contributed by atoms with Crippen LogP contribution in [0.25, 0.3) is 16.7 Å². The molecule has 0 aliphatic heterocycles. The second-order valence-electron chi connectivity index (χ2n) is 5.45. The van der Waals surface area contributed by atoms with E-state index >= 15 is 0 Å². The molecule has 3 aromatic rings. The van der Waals surface area contributed by atoms with Crippen molar-refractivity contribution < 1.29 is 22.6 Å². The Kier molecular flexibility index (Phi) is 6.91. The van der Waals surface area contributed by atoms with Gasteiger partial charge in [-0.25, -0.2) is 4.57 Å². The van der Waals surface area contributed by atoms with Gasteiger partial charge in [-0.3, -0.25) is 9.59 Å². The Morgan fingerprint density at radius 3 is 2.36 bits per heavy atom. The number of H-pyrrole nitrogens is 1. The number of rotatable bonds is 5. The van der Waals surface area contributed by atoms with Gasteiger partial charge in [-0.1, -0.05) is 0 Å². The van der Waals surface area contributed by atoms with Gasteiger partial charge in [0.25, 0.3) is 5.56 Å². The summed E-state index contributed by atoms with van der Waals surface area (Å²) in [5.74, 6) is 0.000150. The number of hydrogen-bond donors (Lipinski definition) is 1. The van der Waals surface area contributed by atoms with Gasteiger partial charge in [0, 0.05) is 6.07 Å². The molecule has 1 N–H and O–H groups in total. The number of pyridine rings is 1. The number of alkyl halides is 3. The van der Waals surface area contributed by atoms with E-state index in [2.05, 4.69) is 14.7 Å². The summed E-state index contributed by atoms with van der Waals surface area (Å²) in [6.07, 6.45) is -4.45. The van der Waals surface area contributed by atoms with Gasteiger partial charge < -0.3 is 14.5 Å². The zero-order valence-electron chi connectivity index (χ0n) is 14.0. The fourth-order valence-electron chi connectivity index (χ4n) is 2.39. The standard InChI is InChI=1S/C17H14F3N3O4.Na.H/c1-2-26-16-22-14-12(7-8-13(24)21-14)15(25)23(16)10-3-5-11(6-4-10)27-9-17(18,19)20;;/h3-8H,2,9H2,1H3,(H,21,24);;. The average molecular weight is 405 g/mol. The topological polar surface area (TPSA) is 86.2 Å². The summed E-state index contributed by atoms with van der Waals surface area (Å²) >= 11 is 0. The Balaban J connectivity index is 0.00000280. The van der Waals surface area contributed by atoms with Crippen molar-refractivity contribution in [1.82, 2.24) is 14.5 Å². The van der Waals surface area contributed by atoms with Gasteiger partial charge in [0.15, 0.2) is 12.3 Å². The van der Waals surface area contributed by atoms with Crippen LogP contribution >= 0.6 is 0 Å². The van der Waals surface area contributed by atoms with Crippen molar-refractivity contribution in [3.8, 4) is 17.4 Å². The Hall–Kier alpha value is -2.30. The van der Waals surface area contributed by atoms with Crippen LogP contribution in [0.5, 0.6) is 11.8 Å². The molecule has 0 amide bonds. The molecule has 2 heterocycles. The summed E-state index contributed by atoms with van der Waals surface area (Å²) in [6, 6.07) is 7.92. The molecule has 0 saturated heterocycles. The number of halogens is 3. The molecule has 0 radical (unpaired) electrons. The minimum atomic E-state index is -4.45. The molecule has 0 aliphatic rings. The van der Waals surface area contributed by atoms with E-state index in [9.17, 15) is 22.8 Å². The number of aromatic amines is 1. The average Bonchev–Trinajstić information content (AvgIpc) is 2.60. The molecule has 1 aromatic carbocycles. The van der Waals surface area contributed by atoms with E-state index in [1.54, 1.807) is 6.92 Å². The number of hydrogen-bond acceptors (Lipinski definition) is 5. The van der Waals surface area contributed by atoms with Crippen molar-refractivity contribution in [3.05, 3.63) is 57.1 Å². The Bertz CT molecular complexity index is 1080. The number of benzene rings is 1. The van der Waals surface area contributed by atoms with Crippen LogP contribution in [0.1, 0.15) is 6.92 Å². The summed E-state index contributed by atoms with van der Waals surface area (Å²) in [4.78, 5) is 30.9. The minimum absolute atomic E-state index is 0. The first-order valence-corrected chi connectivity index (χ1v) is 7.87. The zero-order chi connectivity index (χ0) is 19.6. The van der Waals surface area contributed by atoms with E-state index in [1.165, 1.54) is 36.4 Å². The number of aromatic nitrogens is 3. The molecule has 144 valence electrons. The van der Waals surface area contributed by atoms with Gasteiger partial charge in [0.1, 0.15) is 5.75 Å². The molecule has 11 heteroatoms. The molecule has 7 nitrogen and oxygen atoms in total. The van der Waals surface area contributed by atoms with E-state index in [4.69, 9.17) is 4.74 Å². The summed E-state index contributed by atoms with van der Waals surface area (Å²) in [5.41, 5.74) is -0.509. The third kappa shape index (κ3) is 4.94. The molecular formula is C17H15F3N3NaO4. The van der Waals surface area contributed by atoms with Crippen molar-refractivity contribution in [2.24, 2.45) is 0 Å². The van der Waals surface area contributed by atoms with Crippen molar-refractivity contribution in [1.29, 1.82) is 0 Å². The molecule has 0 atom stereocenters. The third-order valence-corrected chi connectivity index (χ3v) is 3.50. The number of nitrogens with zero attached hydrogens (tertiary/aromatic N) is 2. The molecule has 2 aromatic heterocycles. The van der Waals surface area contributed by atoms with Gasteiger partial charge in [-0.05, 0) is 37.3 Å². The normalized spacial score (nSPS) is 11.1. The molecule has 28 heavy (non-hydrogen) atoms. The fourth-order valence-corrected chi connectivity index (χ4v) is 2.39. The van der Waals surface area contributed by atoms with E-state index in [-0.39, 0.29) is 59.0 Å². The summed E-state index contributed by atoms with van der Waals surface area (Å²) in [6.45, 7) is 0.492. The fraction of sp³-hybridized carbons (Fsp3) is 0.235. The molecule has 0 aliphatic carbocycles. The van der Waals surface area contributed by atoms with Crippen LogP contribution < -0.4 is 20.6 Å². The SMILES string of the molecule is CCOc1nc2[nH]c(=O)ccc2c(=O)n1-c1ccc(OCC(F)(F)F)cc1.[NaH]. The van der Waals surface area contributed by atoms with E-state index in [0.717, 1.165) is 4.57 Å². The van der Waals surface area contributed by atoms with Gasteiger partial charge in [0.2, 0.25) is 5.56 Å². The first-order chi connectivity index (χ1) is 12.8. The second kappa shape index (κ2) is 8.80. The van der Waals surface area contributed by atoms with Gasteiger partial charge >= 0.3 is 41.7 Å². The van der Waals surface area contributed by atoms with Gasteiger partial charge in [-0.2, -0.15) is 18.2 Å². The van der Waals surface area contributed by atoms with Crippen LogP contribution in [0.4, 0.5) is 13.2 Å². The maximum absolute atomic E-state index is 12.8. The van der Waals surface area contributed by atoms with E-state index < -0.39 is 23.9 Å². The Labute approximate surface area is 178 Å². The number of nitrogens with one attached hydrogen (secondary N) is 1. The van der Waals surface area contributed by atoms with Crippen LogP contribution in [-0.2, 0) is 0 Å². The number of ether oxygens (including phenoxy) is 2. The van der Waals surface area contributed by atoms with Gasteiger partial charge in [-0.15, -0.1) is 0 Å². The molecule has 0 saturated carbocycles. The molecular weight excluding hydrogens is 390 g/mol. The third-order valence-electron chi connectivity index (χ3n) is 3.50. The Morgan fingerprint density at radius 1 is 1.07 bits per heavy atom. The maximum atomic E-state index is 12.8. The van der Waals surface area contributed by atoms with Crippen molar-refractivity contribution in [2.45, 2.75) is 13.1 Å². The quantitative estimate of drug-likeness (QED) is 0.654. The molecule has 0 spiro atoms. The molecule has 0 bridgehead atoms. The van der Waals surface area contributed by atoms with Crippen molar-refractivity contribution >= 4 is 40.6 Å². The summed E-state index contributed by atoms with van der Waals surface area (Å²) in [7, 11) is 0. The van der Waals surface area contributed by atoms with Crippen LogP contribution in [-0.4, -0.2) is 63.5 Å². The van der Waals surface area contributed by atoms with Crippen LogP contribution in [0, 0.1) is 0 Å². The summed E-state index contributed by atoms with van der Waals surface area (Å²) < 4.78 is 47.9. The zero-order valence-corrected chi connectivity index (χ0v) is 14.0. The predicted octanol–water partition coefficient (Wildman–Crippen LogP) is 1.77. The van der Waals surface area contributed by atoms with Crippen LogP contribution in [0.2, 0.25) is 0 Å². The Morgan fingerprint density at radius 2 is 1.75 bits per heavy atom. The first kappa shape index (κ1) is 22.0. The predicted molar refractivity (Wildman–Crippen MR) is 97.8 cm³/mol. The molecule has 0 unspecified atom stereocenters. The van der Waals surface area contributed by atoms with Crippen LogP contribution in [0.15, 0.2) is 46.0 Å². The second-order valence-corrected chi connectivity index (χ2v) is 5.45. The molecule has 3 rings (SSSR count). The monoisotopic (exact) mass is 405 g/mol. The van der Waals surface area contributed by atoms with E-state index in [0.29, 0.717) is 5.69 Å². The molecule has 0 fully saturated rings. The van der Waals surface area contributed by atoms with Crippen molar-refractivity contribution in [3.63, 3.8) is 0 Å². The first-order valence-electron chi connectivity index (χ1n) is 7.87.